The number of ether oxygens (including phenoxy) is 2. The molecular formula is C23H28N2O3S. The maximum absolute atomic E-state index is 13.5. The molecule has 4 fully saturated rings. The largest absolute Gasteiger partial charge is 0.493 e. The number of rotatable bonds is 5. The van der Waals surface area contributed by atoms with E-state index >= 15 is 0 Å². The molecule has 1 aromatic carbocycles. The van der Waals surface area contributed by atoms with E-state index in [-0.39, 0.29) is 11.3 Å². The molecule has 1 aromatic heterocycles. The highest BCUT2D eigenvalue weighted by molar-refractivity contribution is 7.16. The topological polar surface area (TPSA) is 52.8 Å². The van der Waals surface area contributed by atoms with Gasteiger partial charge in [0.2, 0.25) is 0 Å². The van der Waals surface area contributed by atoms with Crippen LogP contribution in [0, 0.1) is 23.2 Å². The summed E-state index contributed by atoms with van der Waals surface area (Å²) in [5.41, 5.74) is 0.774. The summed E-state index contributed by atoms with van der Waals surface area (Å²) in [5.74, 6) is 3.66. The maximum atomic E-state index is 13.5. The Morgan fingerprint density at radius 1 is 1.17 bits per heavy atom. The highest BCUT2D eigenvalue weighted by Crippen LogP contribution is 2.60. The molecule has 0 N–H and O–H groups in total. The van der Waals surface area contributed by atoms with E-state index in [0.29, 0.717) is 18.0 Å². The molecule has 4 saturated carbocycles. The van der Waals surface area contributed by atoms with Crippen molar-refractivity contribution in [3.05, 3.63) is 29.6 Å². The fourth-order valence-electron chi connectivity index (χ4n) is 6.37. The van der Waals surface area contributed by atoms with Crippen molar-refractivity contribution in [2.24, 2.45) is 28.2 Å². The third kappa shape index (κ3) is 3.03. The molecule has 4 bridgehead atoms. The molecule has 2 aromatic rings. The van der Waals surface area contributed by atoms with Crippen LogP contribution in [0.3, 0.4) is 0 Å². The first-order valence-corrected chi connectivity index (χ1v) is 11.3. The van der Waals surface area contributed by atoms with E-state index < -0.39 is 0 Å². The number of allylic oxidation sites excluding steroid dienone is 1. The van der Waals surface area contributed by atoms with Gasteiger partial charge in [-0.1, -0.05) is 17.4 Å². The summed E-state index contributed by atoms with van der Waals surface area (Å²) in [7, 11) is 3.27. The zero-order valence-electron chi connectivity index (χ0n) is 17.1. The van der Waals surface area contributed by atoms with Gasteiger partial charge in [0.1, 0.15) is 0 Å². The quantitative estimate of drug-likeness (QED) is 0.677. The first-order valence-electron chi connectivity index (χ1n) is 10.5. The van der Waals surface area contributed by atoms with Gasteiger partial charge in [0, 0.05) is 18.7 Å². The number of aromatic nitrogens is 1. The van der Waals surface area contributed by atoms with E-state index in [2.05, 4.69) is 11.1 Å². The van der Waals surface area contributed by atoms with Crippen LogP contribution in [0.25, 0.3) is 10.2 Å². The number of benzene rings is 1. The lowest BCUT2D eigenvalue weighted by Gasteiger charge is -2.55. The fourth-order valence-corrected chi connectivity index (χ4v) is 7.41. The second kappa shape index (κ2) is 7.01. The minimum Gasteiger partial charge on any atom is -0.493 e. The molecule has 6 rings (SSSR count). The van der Waals surface area contributed by atoms with Crippen molar-refractivity contribution in [2.75, 3.05) is 14.2 Å². The molecule has 0 unspecified atom stereocenters. The van der Waals surface area contributed by atoms with Crippen molar-refractivity contribution in [3.8, 4) is 11.5 Å². The van der Waals surface area contributed by atoms with Gasteiger partial charge in [0.25, 0.3) is 5.91 Å². The summed E-state index contributed by atoms with van der Waals surface area (Å²) in [6.07, 6.45) is 8.93. The number of methoxy groups -OCH3 is 2. The number of nitrogens with zero attached hydrogens (tertiary/aromatic N) is 2. The molecule has 0 atom stereocenters. The van der Waals surface area contributed by atoms with Gasteiger partial charge in [-0.05, 0) is 56.3 Å². The third-order valence-electron chi connectivity index (χ3n) is 7.19. The van der Waals surface area contributed by atoms with Crippen LogP contribution in [-0.2, 0) is 11.3 Å². The van der Waals surface area contributed by atoms with Gasteiger partial charge in [-0.25, -0.2) is 0 Å². The number of fused-ring (bicyclic) bond motifs is 1. The number of amides is 1. The van der Waals surface area contributed by atoms with Crippen molar-refractivity contribution in [1.82, 2.24) is 4.57 Å². The summed E-state index contributed by atoms with van der Waals surface area (Å²) in [6, 6.07) is 3.93. The molecule has 6 heteroatoms. The first-order chi connectivity index (χ1) is 14.0. The smallest absolute Gasteiger partial charge is 0.254 e. The Kier molecular flexibility index (Phi) is 4.57. The second-order valence-corrected chi connectivity index (χ2v) is 10.1. The average molecular weight is 413 g/mol. The number of carbonyl (C=O) groups excluding carboxylic acids is 1. The summed E-state index contributed by atoms with van der Waals surface area (Å²) < 4.78 is 14.0. The van der Waals surface area contributed by atoms with Crippen molar-refractivity contribution in [3.63, 3.8) is 0 Å². The predicted octanol–water partition coefficient (Wildman–Crippen LogP) is 4.55. The average Bonchev–Trinajstić information content (AvgIpc) is 3.02. The number of carbonyl (C=O) groups is 1. The predicted molar refractivity (Wildman–Crippen MR) is 114 cm³/mol. The highest BCUT2D eigenvalue weighted by Gasteiger charge is 2.54. The Bertz CT molecular complexity index is 1010. The Labute approximate surface area is 175 Å². The van der Waals surface area contributed by atoms with Gasteiger partial charge in [0.05, 0.1) is 29.9 Å². The molecule has 1 amide bonds. The van der Waals surface area contributed by atoms with Crippen molar-refractivity contribution in [1.29, 1.82) is 0 Å². The molecule has 0 aliphatic heterocycles. The first kappa shape index (κ1) is 18.9. The lowest BCUT2D eigenvalue weighted by Crippen LogP contribution is -2.49. The maximum Gasteiger partial charge on any atom is 0.254 e. The zero-order valence-corrected chi connectivity index (χ0v) is 18.0. The minimum absolute atomic E-state index is 0.0971. The number of hydrogen-bond acceptors (Lipinski definition) is 4. The van der Waals surface area contributed by atoms with Crippen molar-refractivity contribution >= 4 is 27.5 Å². The molecule has 4 aliphatic carbocycles. The summed E-state index contributed by atoms with van der Waals surface area (Å²) in [5, 5.41) is 0. The molecular weight excluding hydrogens is 384 g/mol. The highest BCUT2D eigenvalue weighted by atomic mass is 32.1. The number of hydrogen-bond donors (Lipinski definition) is 0. The van der Waals surface area contributed by atoms with Crippen LogP contribution in [-0.4, -0.2) is 24.7 Å². The van der Waals surface area contributed by atoms with Crippen molar-refractivity contribution < 1.29 is 14.3 Å². The molecule has 0 radical (unpaired) electrons. The molecule has 1 heterocycles. The van der Waals surface area contributed by atoms with Gasteiger partial charge in [-0.15, -0.1) is 6.58 Å². The molecule has 5 nitrogen and oxygen atoms in total. The van der Waals surface area contributed by atoms with Gasteiger partial charge in [-0.2, -0.15) is 4.99 Å². The van der Waals surface area contributed by atoms with Gasteiger partial charge >= 0.3 is 0 Å². The third-order valence-corrected chi connectivity index (χ3v) is 8.23. The van der Waals surface area contributed by atoms with Crippen LogP contribution in [0.5, 0.6) is 11.5 Å². The monoisotopic (exact) mass is 412 g/mol. The Hall–Kier alpha value is -2.08. The van der Waals surface area contributed by atoms with Crippen LogP contribution in [0.1, 0.15) is 38.5 Å². The Balaban J connectivity index is 1.60. The summed E-state index contributed by atoms with van der Waals surface area (Å²) in [6.45, 7) is 4.49. The zero-order chi connectivity index (χ0) is 20.2. The summed E-state index contributed by atoms with van der Waals surface area (Å²) >= 11 is 1.54. The molecule has 29 heavy (non-hydrogen) atoms. The molecule has 0 saturated heterocycles. The van der Waals surface area contributed by atoms with E-state index in [1.807, 2.05) is 18.2 Å². The van der Waals surface area contributed by atoms with E-state index in [1.165, 1.54) is 30.6 Å². The van der Waals surface area contributed by atoms with Crippen LogP contribution in [0.15, 0.2) is 29.8 Å². The normalized spacial score (nSPS) is 30.7. The minimum atomic E-state index is -0.216. The Morgan fingerprint density at radius 3 is 2.31 bits per heavy atom. The van der Waals surface area contributed by atoms with Gasteiger partial charge in [-0.3, -0.25) is 4.79 Å². The summed E-state index contributed by atoms with van der Waals surface area (Å²) in [4.78, 5) is 19.0. The molecule has 0 spiro atoms. The number of thiazole rings is 1. The lowest BCUT2D eigenvalue weighted by atomic mass is 9.49. The Morgan fingerprint density at radius 2 is 1.76 bits per heavy atom. The van der Waals surface area contributed by atoms with Crippen LogP contribution < -0.4 is 14.3 Å². The lowest BCUT2D eigenvalue weighted by molar-refractivity contribution is -0.142. The van der Waals surface area contributed by atoms with Crippen LogP contribution >= 0.6 is 11.3 Å². The molecule has 4 aliphatic rings. The van der Waals surface area contributed by atoms with Gasteiger partial charge in [0.15, 0.2) is 16.3 Å². The fraction of sp³-hybridized carbons (Fsp3) is 0.565. The van der Waals surface area contributed by atoms with Crippen molar-refractivity contribution in [2.45, 2.75) is 45.1 Å². The standard InChI is InChI=1S/C23H28N2O3S/c1-4-5-25-17-9-18(27-2)19(28-3)10-20(17)29-22(25)24-21(26)23-11-14-6-15(12-23)8-16(7-14)13-23/h4,9-10,14-16H,1,5-8,11-13H2,2-3H3. The van der Waals surface area contributed by atoms with E-state index in [9.17, 15) is 4.79 Å². The van der Waals surface area contributed by atoms with E-state index in [4.69, 9.17) is 14.5 Å². The SMILES string of the molecule is C=CCn1c(=NC(=O)C23CC4CC(CC(C4)C2)C3)sc2cc(OC)c(OC)cc21. The van der Waals surface area contributed by atoms with E-state index in [0.717, 1.165) is 52.0 Å². The second-order valence-electron chi connectivity index (χ2n) is 9.07. The van der Waals surface area contributed by atoms with Crippen LogP contribution in [0.4, 0.5) is 0 Å². The van der Waals surface area contributed by atoms with Gasteiger partial charge < -0.3 is 14.0 Å². The van der Waals surface area contributed by atoms with E-state index in [1.54, 1.807) is 14.2 Å². The molecule has 154 valence electrons. The van der Waals surface area contributed by atoms with Crippen LogP contribution in [0.2, 0.25) is 0 Å².